The number of nitrogens with one attached hydrogen (secondary N) is 1. The Kier molecular flexibility index (Phi) is 3.98. The predicted octanol–water partition coefficient (Wildman–Crippen LogP) is 3.66. The maximum absolute atomic E-state index is 13.5. The van der Waals surface area contributed by atoms with Crippen LogP contribution in [0.15, 0.2) is 22.7 Å². The van der Waals surface area contributed by atoms with E-state index < -0.39 is 0 Å². The molecule has 0 heterocycles. The number of rotatable bonds is 4. The van der Waals surface area contributed by atoms with E-state index in [1.165, 1.54) is 25.3 Å². The van der Waals surface area contributed by atoms with Crippen molar-refractivity contribution in [3.05, 3.63) is 34.1 Å². The molecule has 1 fully saturated rings. The van der Waals surface area contributed by atoms with Crippen LogP contribution in [0.5, 0.6) is 0 Å². The van der Waals surface area contributed by atoms with Gasteiger partial charge in [-0.15, -0.1) is 0 Å². The molecule has 1 aliphatic carbocycles. The number of halogens is 2. The van der Waals surface area contributed by atoms with Gasteiger partial charge < -0.3 is 5.32 Å². The van der Waals surface area contributed by atoms with E-state index in [2.05, 4.69) is 28.2 Å². The van der Waals surface area contributed by atoms with Gasteiger partial charge in [0.2, 0.25) is 0 Å². The molecule has 1 nitrogen and oxygen atoms in total. The molecule has 0 radical (unpaired) electrons. The highest BCUT2D eigenvalue weighted by molar-refractivity contribution is 9.10. The molecule has 16 heavy (non-hydrogen) atoms. The third-order valence-corrected chi connectivity index (χ3v) is 3.65. The van der Waals surface area contributed by atoms with E-state index in [1.54, 1.807) is 6.07 Å². The summed E-state index contributed by atoms with van der Waals surface area (Å²) in [5.74, 6) is -0.106. The highest BCUT2D eigenvalue weighted by Crippen LogP contribution is 2.20. The number of hydrogen-bond acceptors (Lipinski definition) is 1. The zero-order valence-electron chi connectivity index (χ0n) is 9.47. The first-order valence-corrected chi connectivity index (χ1v) is 6.64. The Balaban J connectivity index is 1.93. The highest BCUT2D eigenvalue weighted by Gasteiger charge is 2.19. The lowest BCUT2D eigenvalue weighted by Crippen LogP contribution is -2.41. The van der Waals surface area contributed by atoms with Crippen LogP contribution in [0.25, 0.3) is 0 Å². The molecule has 0 bridgehead atoms. The van der Waals surface area contributed by atoms with Gasteiger partial charge in [0, 0.05) is 16.6 Å². The Labute approximate surface area is 105 Å². The zero-order chi connectivity index (χ0) is 11.5. The van der Waals surface area contributed by atoms with E-state index in [1.807, 2.05) is 6.07 Å². The second-order valence-corrected chi connectivity index (χ2v) is 5.55. The Morgan fingerprint density at radius 3 is 2.88 bits per heavy atom. The van der Waals surface area contributed by atoms with E-state index in [-0.39, 0.29) is 5.82 Å². The molecule has 0 spiro atoms. The van der Waals surface area contributed by atoms with Crippen LogP contribution in [0.4, 0.5) is 4.39 Å². The van der Waals surface area contributed by atoms with Crippen LogP contribution >= 0.6 is 15.9 Å². The molecule has 0 aromatic heterocycles. The molecule has 0 saturated heterocycles. The van der Waals surface area contributed by atoms with E-state index in [4.69, 9.17) is 0 Å². The van der Waals surface area contributed by atoms with Crippen molar-refractivity contribution in [3.8, 4) is 0 Å². The van der Waals surface area contributed by atoms with Gasteiger partial charge in [0.05, 0.1) is 0 Å². The Bertz CT molecular complexity index is 363. The summed E-state index contributed by atoms with van der Waals surface area (Å²) in [5, 5.41) is 3.53. The lowest BCUT2D eigenvalue weighted by atomic mass is 9.92. The van der Waals surface area contributed by atoms with Crippen molar-refractivity contribution in [2.24, 2.45) is 0 Å². The SMILES string of the molecule is CC(Cc1cc(Br)ccc1F)NC1CCC1. The van der Waals surface area contributed by atoms with Crippen molar-refractivity contribution in [2.45, 2.75) is 44.7 Å². The minimum absolute atomic E-state index is 0.106. The molecule has 1 aliphatic rings. The number of hydrogen-bond donors (Lipinski definition) is 1. The van der Waals surface area contributed by atoms with Gasteiger partial charge in [-0.3, -0.25) is 0 Å². The van der Waals surface area contributed by atoms with E-state index in [0.29, 0.717) is 12.1 Å². The van der Waals surface area contributed by atoms with Gasteiger partial charge in [-0.05, 0) is 49.9 Å². The van der Waals surface area contributed by atoms with Crippen LogP contribution in [-0.4, -0.2) is 12.1 Å². The third kappa shape index (κ3) is 3.05. The molecule has 3 heteroatoms. The predicted molar refractivity (Wildman–Crippen MR) is 68.0 cm³/mol. The average molecular weight is 286 g/mol. The summed E-state index contributed by atoms with van der Waals surface area (Å²) in [4.78, 5) is 0. The summed E-state index contributed by atoms with van der Waals surface area (Å²) >= 11 is 3.37. The van der Waals surface area contributed by atoms with Crippen molar-refractivity contribution >= 4 is 15.9 Å². The smallest absolute Gasteiger partial charge is 0.126 e. The van der Waals surface area contributed by atoms with Crippen LogP contribution in [0.1, 0.15) is 31.7 Å². The lowest BCUT2D eigenvalue weighted by molar-refractivity contribution is 0.309. The van der Waals surface area contributed by atoms with Crippen molar-refractivity contribution in [3.63, 3.8) is 0 Å². The van der Waals surface area contributed by atoms with E-state index in [9.17, 15) is 4.39 Å². The lowest BCUT2D eigenvalue weighted by Gasteiger charge is -2.30. The highest BCUT2D eigenvalue weighted by atomic mass is 79.9. The zero-order valence-corrected chi connectivity index (χ0v) is 11.1. The normalized spacial score (nSPS) is 18.2. The average Bonchev–Trinajstić information content (AvgIpc) is 2.18. The summed E-state index contributed by atoms with van der Waals surface area (Å²) in [6.45, 7) is 2.12. The maximum Gasteiger partial charge on any atom is 0.126 e. The fraction of sp³-hybridized carbons (Fsp3) is 0.538. The van der Waals surface area contributed by atoms with E-state index >= 15 is 0 Å². The van der Waals surface area contributed by atoms with Crippen LogP contribution in [0, 0.1) is 5.82 Å². The second-order valence-electron chi connectivity index (χ2n) is 4.64. The largest absolute Gasteiger partial charge is 0.311 e. The van der Waals surface area contributed by atoms with Crippen molar-refractivity contribution in [1.29, 1.82) is 0 Å². The molecule has 1 unspecified atom stereocenters. The molecule has 1 atom stereocenters. The standard InChI is InChI=1S/C13H17BrFN/c1-9(16-12-3-2-4-12)7-10-8-11(14)5-6-13(10)15/h5-6,8-9,12,16H,2-4,7H2,1H3. The van der Waals surface area contributed by atoms with Gasteiger partial charge >= 0.3 is 0 Å². The summed E-state index contributed by atoms with van der Waals surface area (Å²) in [5.41, 5.74) is 0.786. The van der Waals surface area contributed by atoms with Crippen molar-refractivity contribution < 1.29 is 4.39 Å². The molecule has 0 aliphatic heterocycles. The molecule has 1 saturated carbocycles. The van der Waals surface area contributed by atoms with Crippen LogP contribution in [0.2, 0.25) is 0 Å². The Morgan fingerprint density at radius 2 is 2.25 bits per heavy atom. The summed E-state index contributed by atoms with van der Waals surface area (Å²) in [7, 11) is 0. The first kappa shape index (κ1) is 12.1. The Hall–Kier alpha value is -0.410. The minimum atomic E-state index is -0.106. The van der Waals surface area contributed by atoms with Gasteiger partial charge in [0.25, 0.3) is 0 Å². The van der Waals surface area contributed by atoms with Gasteiger partial charge in [-0.1, -0.05) is 22.4 Å². The van der Waals surface area contributed by atoms with Crippen LogP contribution in [0.3, 0.4) is 0 Å². The first-order chi connectivity index (χ1) is 7.65. The van der Waals surface area contributed by atoms with Crippen LogP contribution < -0.4 is 5.32 Å². The van der Waals surface area contributed by atoms with Gasteiger partial charge in [-0.2, -0.15) is 0 Å². The number of benzene rings is 1. The van der Waals surface area contributed by atoms with Crippen LogP contribution in [-0.2, 0) is 6.42 Å². The second kappa shape index (κ2) is 5.28. The molecule has 88 valence electrons. The minimum Gasteiger partial charge on any atom is -0.311 e. The van der Waals surface area contributed by atoms with Gasteiger partial charge in [0.15, 0.2) is 0 Å². The molecule has 0 amide bonds. The topological polar surface area (TPSA) is 12.0 Å². The van der Waals surface area contributed by atoms with Gasteiger partial charge in [0.1, 0.15) is 5.82 Å². The molecular formula is C13H17BrFN. The molecule has 1 aromatic carbocycles. The summed E-state index contributed by atoms with van der Waals surface area (Å²) in [6.07, 6.45) is 4.62. The maximum atomic E-state index is 13.5. The summed E-state index contributed by atoms with van der Waals surface area (Å²) in [6, 6.07) is 6.13. The third-order valence-electron chi connectivity index (χ3n) is 3.16. The molecule has 1 N–H and O–H groups in total. The van der Waals surface area contributed by atoms with Crippen molar-refractivity contribution in [2.75, 3.05) is 0 Å². The molecule has 2 rings (SSSR count). The fourth-order valence-corrected chi connectivity index (χ4v) is 2.47. The monoisotopic (exact) mass is 285 g/mol. The quantitative estimate of drug-likeness (QED) is 0.890. The fourth-order valence-electron chi connectivity index (χ4n) is 2.07. The molecule has 1 aromatic rings. The first-order valence-electron chi connectivity index (χ1n) is 5.85. The summed E-state index contributed by atoms with van der Waals surface area (Å²) < 4.78 is 14.5. The Morgan fingerprint density at radius 1 is 1.50 bits per heavy atom. The van der Waals surface area contributed by atoms with E-state index in [0.717, 1.165) is 16.5 Å². The van der Waals surface area contributed by atoms with Crippen molar-refractivity contribution in [1.82, 2.24) is 5.32 Å². The van der Waals surface area contributed by atoms with Gasteiger partial charge in [-0.25, -0.2) is 4.39 Å². The molecular weight excluding hydrogens is 269 g/mol.